The average molecular weight is 224 g/mol. The lowest BCUT2D eigenvalue weighted by molar-refractivity contribution is 1.05. The summed E-state index contributed by atoms with van der Waals surface area (Å²) in [4.78, 5) is 0. The highest BCUT2D eigenvalue weighted by molar-refractivity contribution is 5.97. The molecule has 0 heterocycles. The summed E-state index contributed by atoms with van der Waals surface area (Å²) in [6.07, 6.45) is 0. The zero-order valence-electron chi connectivity index (χ0n) is 9.19. The van der Waals surface area contributed by atoms with E-state index in [0.29, 0.717) is 5.84 Å². The Morgan fingerprint density at radius 3 is 2.06 bits per heavy atom. The van der Waals surface area contributed by atoms with Crippen molar-refractivity contribution in [1.29, 1.82) is 0 Å². The van der Waals surface area contributed by atoms with Gasteiger partial charge in [0.05, 0.1) is 5.69 Å². The summed E-state index contributed by atoms with van der Waals surface area (Å²) in [6, 6.07) is 18.8. The number of amidine groups is 1. The van der Waals surface area contributed by atoms with Gasteiger partial charge in [-0.15, -0.1) is 10.2 Å². The molecule has 0 saturated heterocycles. The molecule has 2 N–H and O–H groups in total. The Labute approximate surface area is 99.5 Å². The molecule has 0 radical (unpaired) electrons. The number of nitrogens with two attached hydrogens (primary N) is 1. The van der Waals surface area contributed by atoms with Gasteiger partial charge in [-0.3, -0.25) is 0 Å². The summed E-state index contributed by atoms with van der Waals surface area (Å²) >= 11 is 0. The van der Waals surface area contributed by atoms with Crippen LogP contribution in [-0.2, 0) is 0 Å². The molecule has 2 rings (SSSR count). The predicted molar refractivity (Wildman–Crippen MR) is 68.1 cm³/mol. The van der Waals surface area contributed by atoms with E-state index in [1.54, 1.807) is 0 Å². The highest BCUT2D eigenvalue weighted by atomic mass is 15.4. The van der Waals surface area contributed by atoms with Crippen LogP contribution >= 0.6 is 0 Å². The fraction of sp³-hybridized carbons (Fsp3) is 0. The van der Waals surface area contributed by atoms with E-state index in [2.05, 4.69) is 15.4 Å². The molecule has 0 aliphatic heterocycles. The van der Waals surface area contributed by atoms with Crippen LogP contribution in [0, 0.1) is 0 Å². The molecule has 17 heavy (non-hydrogen) atoms. The maximum Gasteiger partial charge on any atom is 0.155 e. The molecule has 4 nitrogen and oxygen atoms in total. The molecule has 0 atom stereocenters. The molecule has 0 aliphatic rings. The van der Waals surface area contributed by atoms with Gasteiger partial charge in [-0.05, 0) is 17.4 Å². The Kier molecular flexibility index (Phi) is 3.60. The molecule has 0 fully saturated rings. The van der Waals surface area contributed by atoms with Gasteiger partial charge in [0.1, 0.15) is 0 Å². The van der Waals surface area contributed by atoms with Crippen LogP contribution in [0.25, 0.3) is 0 Å². The molecular formula is C13H12N4. The first-order chi connectivity index (χ1) is 8.36. The van der Waals surface area contributed by atoms with Crippen LogP contribution in [0.15, 0.2) is 76.1 Å². The van der Waals surface area contributed by atoms with Crippen molar-refractivity contribution in [2.75, 3.05) is 0 Å². The maximum absolute atomic E-state index is 5.76. The summed E-state index contributed by atoms with van der Waals surface area (Å²) in [5.41, 5.74) is 7.34. The number of benzene rings is 2. The summed E-state index contributed by atoms with van der Waals surface area (Å²) in [5.74, 6) is 0.352. The van der Waals surface area contributed by atoms with E-state index in [0.717, 1.165) is 11.3 Å². The summed E-state index contributed by atoms with van der Waals surface area (Å²) in [5, 5.41) is 11.5. The third kappa shape index (κ3) is 3.24. The van der Waals surface area contributed by atoms with E-state index in [-0.39, 0.29) is 0 Å². The molecule has 0 amide bonds. The SMILES string of the molecule is N/C(=N/N=Nc1ccccc1)c1ccccc1. The number of hydrogen-bond acceptors (Lipinski definition) is 2. The minimum Gasteiger partial charge on any atom is -0.382 e. The van der Waals surface area contributed by atoms with Crippen molar-refractivity contribution in [1.82, 2.24) is 0 Å². The third-order valence-electron chi connectivity index (χ3n) is 2.14. The Morgan fingerprint density at radius 2 is 1.41 bits per heavy atom. The Balaban J connectivity index is 2.09. The van der Waals surface area contributed by atoms with Gasteiger partial charge in [-0.2, -0.15) is 0 Å². The summed E-state index contributed by atoms with van der Waals surface area (Å²) < 4.78 is 0. The van der Waals surface area contributed by atoms with E-state index in [4.69, 9.17) is 5.73 Å². The van der Waals surface area contributed by atoms with Gasteiger partial charge in [0.15, 0.2) is 5.84 Å². The van der Waals surface area contributed by atoms with E-state index in [1.807, 2.05) is 60.7 Å². The standard InChI is InChI=1S/C13H12N4/c14-13(11-7-3-1-4-8-11)16-17-15-12-9-5-2-6-10-12/h1-10H,(H2,14,15,16). The lowest BCUT2D eigenvalue weighted by Gasteiger charge is -1.95. The van der Waals surface area contributed by atoms with Crippen molar-refractivity contribution < 1.29 is 0 Å². The molecule has 0 aliphatic carbocycles. The van der Waals surface area contributed by atoms with Crippen molar-refractivity contribution in [3.05, 3.63) is 66.2 Å². The molecular weight excluding hydrogens is 212 g/mol. The van der Waals surface area contributed by atoms with Gasteiger partial charge in [0, 0.05) is 5.56 Å². The smallest absolute Gasteiger partial charge is 0.155 e. The average Bonchev–Trinajstić information content (AvgIpc) is 2.41. The minimum atomic E-state index is 0.352. The molecule has 0 saturated carbocycles. The van der Waals surface area contributed by atoms with Crippen molar-refractivity contribution in [3.8, 4) is 0 Å². The summed E-state index contributed by atoms with van der Waals surface area (Å²) in [7, 11) is 0. The lowest BCUT2D eigenvalue weighted by Crippen LogP contribution is -2.11. The Hall–Kier alpha value is -2.49. The molecule has 0 bridgehead atoms. The van der Waals surface area contributed by atoms with Gasteiger partial charge in [0.2, 0.25) is 0 Å². The van der Waals surface area contributed by atoms with Crippen LogP contribution in [0.3, 0.4) is 0 Å². The van der Waals surface area contributed by atoms with Gasteiger partial charge in [0.25, 0.3) is 0 Å². The van der Waals surface area contributed by atoms with Crippen LogP contribution in [0.1, 0.15) is 5.56 Å². The molecule has 0 aromatic heterocycles. The van der Waals surface area contributed by atoms with E-state index >= 15 is 0 Å². The van der Waals surface area contributed by atoms with Crippen LogP contribution in [0.2, 0.25) is 0 Å². The fourth-order valence-electron chi connectivity index (χ4n) is 1.28. The second-order valence-corrected chi connectivity index (χ2v) is 3.38. The van der Waals surface area contributed by atoms with Gasteiger partial charge >= 0.3 is 0 Å². The highest BCUT2D eigenvalue weighted by Gasteiger charge is 1.94. The van der Waals surface area contributed by atoms with Gasteiger partial charge in [-0.1, -0.05) is 48.5 Å². The second-order valence-electron chi connectivity index (χ2n) is 3.38. The molecule has 2 aromatic carbocycles. The first kappa shape index (κ1) is 11.0. The van der Waals surface area contributed by atoms with Crippen LogP contribution in [0.4, 0.5) is 5.69 Å². The highest BCUT2D eigenvalue weighted by Crippen LogP contribution is 2.10. The Morgan fingerprint density at radius 1 is 0.824 bits per heavy atom. The largest absolute Gasteiger partial charge is 0.382 e. The maximum atomic E-state index is 5.76. The summed E-state index contributed by atoms with van der Waals surface area (Å²) in [6.45, 7) is 0. The van der Waals surface area contributed by atoms with E-state index < -0.39 is 0 Å². The second kappa shape index (κ2) is 5.55. The van der Waals surface area contributed by atoms with Crippen molar-refractivity contribution in [2.24, 2.45) is 21.2 Å². The fourth-order valence-corrected chi connectivity index (χ4v) is 1.28. The molecule has 0 unspecified atom stereocenters. The van der Waals surface area contributed by atoms with Crippen molar-refractivity contribution in [2.45, 2.75) is 0 Å². The van der Waals surface area contributed by atoms with E-state index in [9.17, 15) is 0 Å². The quantitative estimate of drug-likeness (QED) is 0.370. The number of rotatable bonds is 3. The van der Waals surface area contributed by atoms with Crippen LogP contribution in [0.5, 0.6) is 0 Å². The van der Waals surface area contributed by atoms with E-state index in [1.165, 1.54) is 0 Å². The van der Waals surface area contributed by atoms with Gasteiger partial charge in [-0.25, -0.2) is 0 Å². The third-order valence-corrected chi connectivity index (χ3v) is 2.14. The number of nitrogens with zero attached hydrogens (tertiary/aromatic N) is 3. The van der Waals surface area contributed by atoms with Gasteiger partial charge < -0.3 is 5.73 Å². The first-order valence-electron chi connectivity index (χ1n) is 5.21. The first-order valence-corrected chi connectivity index (χ1v) is 5.21. The monoisotopic (exact) mass is 224 g/mol. The molecule has 84 valence electrons. The lowest BCUT2D eigenvalue weighted by atomic mass is 10.2. The normalized spacial score (nSPS) is 11.9. The molecule has 0 spiro atoms. The predicted octanol–water partition coefficient (Wildman–Crippen LogP) is 3.09. The van der Waals surface area contributed by atoms with Crippen LogP contribution in [-0.4, -0.2) is 5.84 Å². The number of hydrogen-bond donors (Lipinski definition) is 1. The Bertz CT molecular complexity index is 518. The molecule has 2 aromatic rings. The zero-order valence-corrected chi connectivity index (χ0v) is 9.19. The van der Waals surface area contributed by atoms with Crippen molar-refractivity contribution >= 4 is 11.5 Å². The molecule has 4 heteroatoms. The van der Waals surface area contributed by atoms with Crippen molar-refractivity contribution in [3.63, 3.8) is 0 Å². The van der Waals surface area contributed by atoms with Crippen LogP contribution < -0.4 is 5.73 Å². The minimum absolute atomic E-state index is 0.352. The zero-order chi connectivity index (χ0) is 11.9. The topological polar surface area (TPSA) is 63.1 Å².